The Morgan fingerprint density at radius 1 is 1.25 bits per heavy atom. The molecule has 0 spiro atoms. The molecule has 3 nitrogen and oxygen atoms in total. The number of nitrogens with one attached hydrogen (secondary N) is 1. The fourth-order valence-corrected chi connectivity index (χ4v) is 3.95. The lowest BCUT2D eigenvalue weighted by molar-refractivity contribution is -0.127. The minimum absolute atomic E-state index is 0.0407. The maximum atomic E-state index is 12.3. The first-order valence-electron chi connectivity index (χ1n) is 7.43. The van der Waals surface area contributed by atoms with Crippen LogP contribution in [0.1, 0.15) is 24.8 Å². The van der Waals surface area contributed by atoms with Gasteiger partial charge in [0.15, 0.2) is 0 Å². The van der Waals surface area contributed by atoms with E-state index in [1.807, 2.05) is 24.3 Å². The van der Waals surface area contributed by atoms with Gasteiger partial charge < -0.3 is 11.1 Å². The van der Waals surface area contributed by atoms with Gasteiger partial charge in [0, 0.05) is 17.6 Å². The van der Waals surface area contributed by atoms with Gasteiger partial charge in [-0.05, 0) is 55.2 Å². The Morgan fingerprint density at radius 2 is 1.95 bits per heavy atom. The van der Waals surface area contributed by atoms with Crippen molar-refractivity contribution in [1.29, 1.82) is 0 Å². The van der Waals surface area contributed by atoms with Gasteiger partial charge in [0.05, 0.1) is 5.92 Å². The molecule has 3 N–H and O–H groups in total. The number of benzene rings is 1. The summed E-state index contributed by atoms with van der Waals surface area (Å²) in [6.07, 6.45) is 4.36. The minimum Gasteiger partial charge on any atom is -0.355 e. The summed E-state index contributed by atoms with van der Waals surface area (Å²) in [5.41, 5.74) is 7.38. The van der Waals surface area contributed by atoms with Crippen molar-refractivity contribution in [1.82, 2.24) is 5.32 Å². The van der Waals surface area contributed by atoms with Crippen molar-refractivity contribution in [3.63, 3.8) is 0 Å². The molecule has 0 heterocycles. The van der Waals surface area contributed by atoms with Crippen molar-refractivity contribution >= 4 is 17.5 Å². The number of rotatable bonds is 4. The van der Waals surface area contributed by atoms with Gasteiger partial charge in [0.2, 0.25) is 5.91 Å². The molecule has 0 aliphatic heterocycles. The molecule has 1 aromatic rings. The predicted octanol–water partition coefficient (Wildman–Crippen LogP) is 2.37. The fourth-order valence-electron chi connectivity index (χ4n) is 3.82. The second-order valence-corrected chi connectivity index (χ2v) is 6.54. The molecule has 4 atom stereocenters. The molecule has 0 saturated heterocycles. The zero-order valence-corrected chi connectivity index (χ0v) is 12.3. The molecule has 1 amide bonds. The summed E-state index contributed by atoms with van der Waals surface area (Å²) in [5, 5.41) is 3.79. The Morgan fingerprint density at radius 3 is 2.60 bits per heavy atom. The Labute approximate surface area is 124 Å². The highest BCUT2D eigenvalue weighted by Crippen LogP contribution is 2.47. The third-order valence-electron chi connectivity index (χ3n) is 4.91. The lowest BCUT2D eigenvalue weighted by Crippen LogP contribution is -2.45. The lowest BCUT2D eigenvalue weighted by atomic mass is 9.84. The molecule has 2 aliphatic carbocycles. The monoisotopic (exact) mass is 292 g/mol. The summed E-state index contributed by atoms with van der Waals surface area (Å²) in [5.74, 6) is 1.29. The van der Waals surface area contributed by atoms with Gasteiger partial charge in [-0.1, -0.05) is 23.7 Å². The van der Waals surface area contributed by atoms with Gasteiger partial charge in [-0.3, -0.25) is 4.79 Å². The quantitative estimate of drug-likeness (QED) is 0.895. The van der Waals surface area contributed by atoms with Crippen molar-refractivity contribution < 1.29 is 4.79 Å². The van der Waals surface area contributed by atoms with E-state index in [-0.39, 0.29) is 17.9 Å². The van der Waals surface area contributed by atoms with E-state index in [1.54, 1.807) is 0 Å². The zero-order valence-electron chi connectivity index (χ0n) is 11.5. The number of hydrogen-bond acceptors (Lipinski definition) is 2. The first-order valence-corrected chi connectivity index (χ1v) is 7.80. The summed E-state index contributed by atoms with van der Waals surface area (Å²) in [4.78, 5) is 12.3. The molecule has 0 radical (unpaired) electrons. The summed E-state index contributed by atoms with van der Waals surface area (Å²) < 4.78 is 0. The van der Waals surface area contributed by atoms with Crippen LogP contribution in [0.2, 0.25) is 5.02 Å². The lowest BCUT2D eigenvalue weighted by Gasteiger charge is -2.27. The summed E-state index contributed by atoms with van der Waals surface area (Å²) in [7, 11) is 0. The van der Waals surface area contributed by atoms with E-state index in [2.05, 4.69) is 5.32 Å². The van der Waals surface area contributed by atoms with Crippen LogP contribution in [0.5, 0.6) is 0 Å². The van der Waals surface area contributed by atoms with Gasteiger partial charge in [0.1, 0.15) is 0 Å². The van der Waals surface area contributed by atoms with Crippen LogP contribution in [0, 0.1) is 17.8 Å². The number of carbonyl (C=O) groups is 1. The van der Waals surface area contributed by atoms with E-state index < -0.39 is 0 Å². The number of halogens is 1. The summed E-state index contributed by atoms with van der Waals surface area (Å²) >= 11 is 5.85. The molecule has 2 aliphatic rings. The summed E-state index contributed by atoms with van der Waals surface area (Å²) in [6.45, 7) is 0.668. The Bertz CT molecular complexity index is 486. The van der Waals surface area contributed by atoms with Crippen LogP contribution >= 0.6 is 11.6 Å². The first kappa shape index (κ1) is 13.9. The Kier molecular flexibility index (Phi) is 3.99. The first-order chi connectivity index (χ1) is 9.65. The third-order valence-corrected chi connectivity index (χ3v) is 5.16. The maximum absolute atomic E-state index is 12.3. The SMILES string of the molecule is NC1C2CCC(C2)C1C(=O)NCCc1ccc(Cl)cc1. The van der Waals surface area contributed by atoms with Crippen LogP contribution in [-0.4, -0.2) is 18.5 Å². The summed E-state index contributed by atoms with van der Waals surface area (Å²) in [6, 6.07) is 7.83. The molecule has 20 heavy (non-hydrogen) atoms. The average Bonchev–Trinajstić information content (AvgIpc) is 3.01. The van der Waals surface area contributed by atoms with Crippen molar-refractivity contribution in [2.75, 3.05) is 6.54 Å². The van der Waals surface area contributed by atoms with E-state index in [9.17, 15) is 4.79 Å². The smallest absolute Gasteiger partial charge is 0.224 e. The predicted molar refractivity (Wildman–Crippen MR) is 80.5 cm³/mol. The topological polar surface area (TPSA) is 55.1 Å². The molecule has 4 unspecified atom stereocenters. The number of fused-ring (bicyclic) bond motifs is 2. The largest absolute Gasteiger partial charge is 0.355 e. The van der Waals surface area contributed by atoms with Gasteiger partial charge in [0.25, 0.3) is 0 Å². The standard InChI is InChI=1S/C16H21ClN2O/c17-13-5-1-10(2-6-13)7-8-19-16(20)14-11-3-4-12(9-11)15(14)18/h1-2,5-6,11-12,14-15H,3-4,7-9,18H2,(H,19,20). The van der Waals surface area contributed by atoms with Crippen LogP contribution in [0.25, 0.3) is 0 Å². The Hall–Kier alpha value is -1.06. The highest BCUT2D eigenvalue weighted by atomic mass is 35.5. The van der Waals surface area contributed by atoms with Crippen LogP contribution in [0.3, 0.4) is 0 Å². The van der Waals surface area contributed by atoms with E-state index in [1.165, 1.54) is 18.4 Å². The zero-order chi connectivity index (χ0) is 14.1. The van der Waals surface area contributed by atoms with Gasteiger partial charge in [-0.15, -0.1) is 0 Å². The van der Waals surface area contributed by atoms with E-state index in [0.29, 0.717) is 18.4 Å². The van der Waals surface area contributed by atoms with Crippen LogP contribution in [0.15, 0.2) is 24.3 Å². The van der Waals surface area contributed by atoms with Crippen LogP contribution in [0.4, 0.5) is 0 Å². The molecule has 0 aromatic heterocycles. The third kappa shape index (κ3) is 2.70. The number of hydrogen-bond donors (Lipinski definition) is 2. The normalized spacial score (nSPS) is 31.5. The molecular formula is C16H21ClN2O. The highest BCUT2D eigenvalue weighted by Gasteiger charge is 2.48. The second-order valence-electron chi connectivity index (χ2n) is 6.10. The Balaban J connectivity index is 1.49. The molecule has 3 rings (SSSR count). The molecule has 2 bridgehead atoms. The van der Waals surface area contributed by atoms with E-state index in [0.717, 1.165) is 17.9 Å². The van der Waals surface area contributed by atoms with E-state index in [4.69, 9.17) is 17.3 Å². The molecule has 108 valence electrons. The van der Waals surface area contributed by atoms with Crippen molar-refractivity contribution in [3.8, 4) is 0 Å². The van der Waals surface area contributed by atoms with Crippen LogP contribution in [-0.2, 0) is 11.2 Å². The molecule has 4 heteroatoms. The van der Waals surface area contributed by atoms with Crippen molar-refractivity contribution in [2.24, 2.45) is 23.5 Å². The second kappa shape index (κ2) is 5.74. The van der Waals surface area contributed by atoms with E-state index >= 15 is 0 Å². The number of amides is 1. The average molecular weight is 293 g/mol. The van der Waals surface area contributed by atoms with Crippen LogP contribution < -0.4 is 11.1 Å². The minimum atomic E-state index is 0.0407. The molecule has 2 fully saturated rings. The fraction of sp³-hybridized carbons (Fsp3) is 0.562. The molecule has 1 aromatic carbocycles. The molecular weight excluding hydrogens is 272 g/mol. The van der Waals surface area contributed by atoms with Gasteiger partial charge >= 0.3 is 0 Å². The van der Waals surface area contributed by atoms with Gasteiger partial charge in [-0.2, -0.15) is 0 Å². The number of carbonyl (C=O) groups excluding carboxylic acids is 1. The van der Waals surface area contributed by atoms with Crippen molar-refractivity contribution in [2.45, 2.75) is 31.7 Å². The number of nitrogens with two attached hydrogens (primary N) is 1. The van der Waals surface area contributed by atoms with Gasteiger partial charge in [-0.25, -0.2) is 0 Å². The van der Waals surface area contributed by atoms with Crippen molar-refractivity contribution in [3.05, 3.63) is 34.9 Å². The maximum Gasteiger partial charge on any atom is 0.224 e. The highest BCUT2D eigenvalue weighted by molar-refractivity contribution is 6.30. The molecule has 2 saturated carbocycles.